The zero-order chi connectivity index (χ0) is 18.9. The summed E-state index contributed by atoms with van der Waals surface area (Å²) in [5.74, 6) is 1.64. The standard InChI is InChI=1S/C25H22N2O.ClH/c1-18-21-15-16-27(17-19-9-4-2-5-10-19)25(21)22-13-8-14-23(24(22)26-18)28-20-11-6-3-7-12-20;/h2-14H,15-17H2,1H3;1H. The zero-order valence-electron chi connectivity index (χ0n) is 16.3. The molecule has 2 heterocycles. The van der Waals surface area contributed by atoms with Gasteiger partial charge < -0.3 is 9.64 Å². The summed E-state index contributed by atoms with van der Waals surface area (Å²) in [6, 6.07) is 26.8. The third-order valence-electron chi connectivity index (χ3n) is 5.39. The number of aromatic nitrogens is 1. The Balaban J connectivity index is 0.00000205. The van der Waals surface area contributed by atoms with E-state index in [1.807, 2.05) is 36.4 Å². The van der Waals surface area contributed by atoms with Crippen LogP contribution in [-0.4, -0.2) is 11.5 Å². The molecule has 3 nitrogen and oxygen atoms in total. The Bertz CT molecular complexity index is 1130. The number of halogens is 1. The number of pyridine rings is 1. The second kappa shape index (κ2) is 8.14. The van der Waals surface area contributed by atoms with Crippen molar-refractivity contribution in [2.75, 3.05) is 11.4 Å². The summed E-state index contributed by atoms with van der Waals surface area (Å²) >= 11 is 0. The van der Waals surface area contributed by atoms with E-state index in [9.17, 15) is 0 Å². The van der Waals surface area contributed by atoms with Crippen molar-refractivity contribution >= 4 is 29.0 Å². The predicted octanol–water partition coefficient (Wildman–Crippen LogP) is 6.32. The van der Waals surface area contributed by atoms with Crippen molar-refractivity contribution in [3.05, 3.63) is 95.7 Å². The molecule has 1 aliphatic heterocycles. The van der Waals surface area contributed by atoms with Crippen LogP contribution in [0, 0.1) is 6.92 Å². The zero-order valence-corrected chi connectivity index (χ0v) is 17.2. The molecule has 0 aliphatic carbocycles. The van der Waals surface area contributed by atoms with Gasteiger partial charge in [0.25, 0.3) is 0 Å². The fourth-order valence-electron chi connectivity index (χ4n) is 4.08. The Morgan fingerprint density at radius 3 is 2.38 bits per heavy atom. The maximum atomic E-state index is 6.18. The molecule has 29 heavy (non-hydrogen) atoms. The maximum absolute atomic E-state index is 6.18. The van der Waals surface area contributed by atoms with Gasteiger partial charge in [0.2, 0.25) is 0 Å². The van der Waals surface area contributed by atoms with Crippen molar-refractivity contribution < 1.29 is 4.74 Å². The van der Waals surface area contributed by atoms with Crippen LogP contribution < -0.4 is 9.64 Å². The second-order valence-electron chi connectivity index (χ2n) is 7.25. The highest BCUT2D eigenvalue weighted by molar-refractivity contribution is 5.98. The van der Waals surface area contributed by atoms with Crippen LogP contribution in [0.3, 0.4) is 0 Å². The Morgan fingerprint density at radius 2 is 1.62 bits per heavy atom. The third-order valence-corrected chi connectivity index (χ3v) is 5.39. The van der Waals surface area contributed by atoms with Crippen LogP contribution in [0.1, 0.15) is 16.8 Å². The molecule has 4 heteroatoms. The van der Waals surface area contributed by atoms with Crippen LogP contribution >= 0.6 is 12.4 Å². The first kappa shape index (κ1) is 19.3. The van der Waals surface area contributed by atoms with Gasteiger partial charge in [0.05, 0.1) is 5.69 Å². The maximum Gasteiger partial charge on any atom is 0.153 e. The van der Waals surface area contributed by atoms with E-state index in [0.29, 0.717) is 0 Å². The van der Waals surface area contributed by atoms with Gasteiger partial charge in [0.1, 0.15) is 11.3 Å². The molecule has 4 aromatic rings. The van der Waals surface area contributed by atoms with Crippen LogP contribution in [0.5, 0.6) is 11.5 Å². The highest BCUT2D eigenvalue weighted by Gasteiger charge is 2.25. The molecule has 1 aliphatic rings. The summed E-state index contributed by atoms with van der Waals surface area (Å²) in [6.07, 6.45) is 1.04. The first-order chi connectivity index (χ1) is 13.8. The van der Waals surface area contributed by atoms with E-state index >= 15 is 0 Å². The molecule has 0 radical (unpaired) electrons. The number of anilines is 1. The molecule has 1 aromatic heterocycles. The Labute approximate surface area is 177 Å². The monoisotopic (exact) mass is 402 g/mol. The van der Waals surface area contributed by atoms with E-state index in [0.717, 1.165) is 42.2 Å². The van der Waals surface area contributed by atoms with Gasteiger partial charge >= 0.3 is 0 Å². The lowest BCUT2D eigenvalue weighted by molar-refractivity contribution is 0.487. The average Bonchev–Trinajstić information content (AvgIpc) is 3.15. The molecule has 5 rings (SSSR count). The molecule has 3 aromatic carbocycles. The summed E-state index contributed by atoms with van der Waals surface area (Å²) in [5, 5.41) is 1.17. The van der Waals surface area contributed by atoms with Gasteiger partial charge in [0.15, 0.2) is 5.75 Å². The molecule has 0 fully saturated rings. The van der Waals surface area contributed by atoms with Gasteiger partial charge in [0, 0.05) is 24.2 Å². The number of hydrogen-bond donors (Lipinski definition) is 0. The van der Waals surface area contributed by atoms with Gasteiger partial charge in [-0.05, 0) is 42.7 Å². The molecular formula is C25H23ClN2O. The third kappa shape index (κ3) is 3.66. The summed E-state index contributed by atoms with van der Waals surface area (Å²) in [4.78, 5) is 7.41. The summed E-state index contributed by atoms with van der Waals surface area (Å²) < 4.78 is 6.18. The molecule has 0 bridgehead atoms. The highest BCUT2D eigenvalue weighted by atomic mass is 35.5. The van der Waals surface area contributed by atoms with Crippen molar-refractivity contribution in [3.63, 3.8) is 0 Å². The van der Waals surface area contributed by atoms with Crippen LogP contribution in [0.25, 0.3) is 10.9 Å². The molecule has 146 valence electrons. The first-order valence-electron chi connectivity index (χ1n) is 9.73. The minimum Gasteiger partial charge on any atom is -0.455 e. The predicted molar refractivity (Wildman–Crippen MR) is 121 cm³/mol. The largest absolute Gasteiger partial charge is 0.455 e. The van der Waals surface area contributed by atoms with Crippen molar-refractivity contribution in [3.8, 4) is 11.5 Å². The van der Waals surface area contributed by atoms with Crippen molar-refractivity contribution in [2.24, 2.45) is 0 Å². The number of aryl methyl sites for hydroxylation is 1. The fraction of sp³-hybridized carbons (Fsp3) is 0.160. The van der Waals surface area contributed by atoms with Gasteiger partial charge in [-0.15, -0.1) is 12.4 Å². The summed E-state index contributed by atoms with van der Waals surface area (Å²) in [5.41, 5.74) is 6.03. The van der Waals surface area contributed by atoms with E-state index in [1.54, 1.807) is 0 Å². The number of fused-ring (bicyclic) bond motifs is 3. The average molecular weight is 403 g/mol. The Kier molecular flexibility index (Phi) is 5.41. The number of hydrogen-bond acceptors (Lipinski definition) is 3. The quantitative estimate of drug-likeness (QED) is 0.399. The van der Waals surface area contributed by atoms with E-state index in [1.165, 1.54) is 22.2 Å². The molecule has 0 saturated heterocycles. The fourth-order valence-corrected chi connectivity index (χ4v) is 4.08. The minimum absolute atomic E-state index is 0. The number of benzene rings is 3. The van der Waals surface area contributed by atoms with E-state index < -0.39 is 0 Å². The van der Waals surface area contributed by atoms with Gasteiger partial charge in [-0.25, -0.2) is 4.98 Å². The van der Waals surface area contributed by atoms with Gasteiger partial charge in [-0.2, -0.15) is 0 Å². The van der Waals surface area contributed by atoms with Crippen LogP contribution in [0.2, 0.25) is 0 Å². The van der Waals surface area contributed by atoms with Crippen LogP contribution in [0.4, 0.5) is 5.69 Å². The molecule has 0 saturated carbocycles. The number of nitrogens with zero attached hydrogens (tertiary/aromatic N) is 2. The molecule has 0 N–H and O–H groups in total. The van der Waals surface area contributed by atoms with Gasteiger partial charge in [-0.1, -0.05) is 60.7 Å². The summed E-state index contributed by atoms with van der Waals surface area (Å²) in [7, 11) is 0. The molecular weight excluding hydrogens is 380 g/mol. The molecule has 0 amide bonds. The van der Waals surface area contributed by atoms with E-state index in [-0.39, 0.29) is 12.4 Å². The molecule has 0 atom stereocenters. The van der Waals surface area contributed by atoms with Crippen molar-refractivity contribution in [2.45, 2.75) is 19.9 Å². The lowest BCUT2D eigenvalue weighted by atomic mass is 10.1. The summed E-state index contributed by atoms with van der Waals surface area (Å²) in [6.45, 7) is 4.05. The number of para-hydroxylation sites is 2. The van der Waals surface area contributed by atoms with Crippen LogP contribution in [-0.2, 0) is 13.0 Å². The van der Waals surface area contributed by atoms with Crippen LogP contribution in [0.15, 0.2) is 78.9 Å². The molecule has 0 unspecified atom stereocenters. The minimum atomic E-state index is 0. The Hall–Kier alpha value is -3.04. The SMILES string of the molecule is Cc1nc2c(Oc3ccccc3)cccc2c2c1CCN2Cc1ccccc1.Cl. The first-order valence-corrected chi connectivity index (χ1v) is 9.73. The normalized spacial score (nSPS) is 12.5. The smallest absolute Gasteiger partial charge is 0.153 e. The topological polar surface area (TPSA) is 25.4 Å². The second-order valence-corrected chi connectivity index (χ2v) is 7.25. The number of ether oxygens (including phenoxy) is 1. The van der Waals surface area contributed by atoms with Gasteiger partial charge in [-0.3, -0.25) is 0 Å². The highest BCUT2D eigenvalue weighted by Crippen LogP contribution is 2.40. The lowest BCUT2D eigenvalue weighted by Gasteiger charge is -2.22. The van der Waals surface area contributed by atoms with Crippen molar-refractivity contribution in [1.29, 1.82) is 0 Å². The lowest BCUT2D eigenvalue weighted by Crippen LogP contribution is -2.19. The van der Waals surface area contributed by atoms with E-state index in [2.05, 4.69) is 54.3 Å². The van der Waals surface area contributed by atoms with E-state index in [4.69, 9.17) is 9.72 Å². The van der Waals surface area contributed by atoms with Crippen molar-refractivity contribution in [1.82, 2.24) is 4.98 Å². The molecule has 0 spiro atoms. The Morgan fingerprint density at radius 1 is 0.897 bits per heavy atom. The number of rotatable bonds is 4.